The maximum absolute atomic E-state index is 12.4. The second kappa shape index (κ2) is 5.69. The van der Waals surface area contributed by atoms with Crippen LogP contribution in [0.25, 0.3) is 0 Å². The molecule has 0 bridgehead atoms. The first kappa shape index (κ1) is 13.3. The fourth-order valence-electron chi connectivity index (χ4n) is 1.83. The minimum atomic E-state index is -3.43. The summed E-state index contributed by atoms with van der Waals surface area (Å²) in [5.41, 5.74) is 0. The lowest BCUT2D eigenvalue weighted by atomic mass is 10.3. The van der Waals surface area contributed by atoms with E-state index in [0.717, 1.165) is 0 Å². The van der Waals surface area contributed by atoms with Gasteiger partial charge >= 0.3 is 0 Å². The van der Waals surface area contributed by atoms with Crippen molar-refractivity contribution < 1.29 is 17.9 Å². The number of ether oxygens (including phenoxy) is 2. The lowest BCUT2D eigenvalue weighted by Crippen LogP contribution is -2.40. The molecule has 0 unspecified atom stereocenters. The Morgan fingerprint density at radius 3 is 2.72 bits per heavy atom. The van der Waals surface area contributed by atoms with Crippen LogP contribution < -0.4 is 4.74 Å². The zero-order chi connectivity index (χ0) is 13.0. The van der Waals surface area contributed by atoms with Crippen molar-refractivity contribution in [1.82, 2.24) is 4.31 Å². The molecule has 0 N–H and O–H groups in total. The minimum absolute atomic E-state index is 0.273. The van der Waals surface area contributed by atoms with E-state index in [-0.39, 0.29) is 4.90 Å². The van der Waals surface area contributed by atoms with Gasteiger partial charge in [0, 0.05) is 19.2 Å². The topological polar surface area (TPSA) is 55.8 Å². The number of rotatable bonds is 4. The third-order valence-corrected chi connectivity index (χ3v) is 4.62. The van der Waals surface area contributed by atoms with E-state index < -0.39 is 10.0 Å². The van der Waals surface area contributed by atoms with E-state index in [1.807, 2.05) is 6.92 Å². The van der Waals surface area contributed by atoms with Gasteiger partial charge in [-0.2, -0.15) is 4.31 Å². The zero-order valence-corrected chi connectivity index (χ0v) is 11.1. The fraction of sp³-hybridized carbons (Fsp3) is 0.500. The molecule has 1 saturated heterocycles. The van der Waals surface area contributed by atoms with Crippen molar-refractivity contribution in [3.63, 3.8) is 0 Å². The van der Waals surface area contributed by atoms with Crippen molar-refractivity contribution >= 4 is 10.0 Å². The van der Waals surface area contributed by atoms with Gasteiger partial charge in [0.25, 0.3) is 0 Å². The Hall–Kier alpha value is -1.11. The second-order valence-electron chi connectivity index (χ2n) is 3.92. The molecule has 5 nitrogen and oxygen atoms in total. The standard InChI is InChI=1S/C12H17NO4S/c1-2-17-11-4-3-5-12(10-11)18(14,15)13-6-8-16-9-7-13/h3-5,10H,2,6-9H2,1H3. The smallest absolute Gasteiger partial charge is 0.243 e. The lowest BCUT2D eigenvalue weighted by molar-refractivity contribution is 0.0730. The van der Waals surface area contributed by atoms with Crippen LogP contribution in [0.3, 0.4) is 0 Å². The number of hydrogen-bond acceptors (Lipinski definition) is 4. The van der Waals surface area contributed by atoms with Gasteiger partial charge in [-0.25, -0.2) is 8.42 Å². The molecule has 0 aromatic heterocycles. The Bertz CT molecular complexity index is 495. The van der Waals surface area contributed by atoms with Crippen LogP contribution in [-0.4, -0.2) is 45.6 Å². The number of nitrogens with zero attached hydrogens (tertiary/aromatic N) is 1. The molecule has 1 aliphatic rings. The van der Waals surface area contributed by atoms with Crippen molar-refractivity contribution in [2.24, 2.45) is 0 Å². The molecule has 0 amide bonds. The van der Waals surface area contributed by atoms with E-state index in [4.69, 9.17) is 9.47 Å². The molecule has 1 aromatic rings. The second-order valence-corrected chi connectivity index (χ2v) is 5.86. The highest BCUT2D eigenvalue weighted by Gasteiger charge is 2.26. The Kier molecular flexibility index (Phi) is 4.21. The molecular weight excluding hydrogens is 254 g/mol. The average molecular weight is 271 g/mol. The first-order valence-electron chi connectivity index (χ1n) is 5.95. The molecule has 1 aliphatic heterocycles. The van der Waals surface area contributed by atoms with Crippen LogP contribution >= 0.6 is 0 Å². The van der Waals surface area contributed by atoms with Crippen molar-refractivity contribution in [3.05, 3.63) is 24.3 Å². The zero-order valence-electron chi connectivity index (χ0n) is 10.3. The monoisotopic (exact) mass is 271 g/mol. The first-order valence-corrected chi connectivity index (χ1v) is 7.39. The highest BCUT2D eigenvalue weighted by atomic mass is 32.2. The molecule has 0 radical (unpaired) electrons. The largest absolute Gasteiger partial charge is 0.494 e. The number of hydrogen-bond donors (Lipinski definition) is 0. The van der Waals surface area contributed by atoms with Crippen LogP contribution in [0.5, 0.6) is 5.75 Å². The molecule has 1 fully saturated rings. The maximum Gasteiger partial charge on any atom is 0.243 e. The third kappa shape index (κ3) is 2.82. The van der Waals surface area contributed by atoms with Gasteiger partial charge < -0.3 is 9.47 Å². The van der Waals surface area contributed by atoms with E-state index in [1.165, 1.54) is 4.31 Å². The third-order valence-electron chi connectivity index (χ3n) is 2.72. The number of benzene rings is 1. The first-order chi connectivity index (χ1) is 8.64. The molecule has 0 spiro atoms. The predicted octanol–water partition coefficient (Wildman–Crippen LogP) is 1.11. The highest BCUT2D eigenvalue weighted by molar-refractivity contribution is 7.89. The summed E-state index contributed by atoms with van der Waals surface area (Å²) in [6.07, 6.45) is 0. The number of morpholine rings is 1. The van der Waals surface area contributed by atoms with Crippen LogP contribution in [0.1, 0.15) is 6.92 Å². The summed E-state index contributed by atoms with van der Waals surface area (Å²) in [7, 11) is -3.43. The van der Waals surface area contributed by atoms with E-state index in [9.17, 15) is 8.42 Å². The molecule has 100 valence electrons. The Morgan fingerprint density at radius 2 is 2.06 bits per heavy atom. The summed E-state index contributed by atoms with van der Waals surface area (Å²) in [6.45, 7) is 4.08. The Balaban J connectivity index is 2.25. The molecule has 0 saturated carbocycles. The minimum Gasteiger partial charge on any atom is -0.494 e. The molecule has 0 atom stereocenters. The summed E-state index contributed by atoms with van der Waals surface area (Å²) in [6, 6.07) is 6.60. The van der Waals surface area contributed by atoms with Crippen LogP contribution in [0.15, 0.2) is 29.2 Å². The van der Waals surface area contributed by atoms with E-state index in [0.29, 0.717) is 38.7 Å². The predicted molar refractivity (Wildman–Crippen MR) is 67.2 cm³/mol. The Labute approximate surface area is 107 Å². The van der Waals surface area contributed by atoms with Crippen molar-refractivity contribution in [2.45, 2.75) is 11.8 Å². The molecule has 0 aliphatic carbocycles. The summed E-state index contributed by atoms with van der Waals surface area (Å²) >= 11 is 0. The summed E-state index contributed by atoms with van der Waals surface area (Å²) in [5.74, 6) is 0.576. The van der Waals surface area contributed by atoms with Gasteiger partial charge in [-0.05, 0) is 19.1 Å². The van der Waals surface area contributed by atoms with Gasteiger partial charge in [-0.15, -0.1) is 0 Å². The van der Waals surface area contributed by atoms with Gasteiger partial charge in [-0.1, -0.05) is 6.07 Å². The normalized spacial score (nSPS) is 17.6. The Morgan fingerprint density at radius 1 is 1.33 bits per heavy atom. The van der Waals surface area contributed by atoms with Crippen LogP contribution in [0.2, 0.25) is 0 Å². The maximum atomic E-state index is 12.4. The van der Waals surface area contributed by atoms with Crippen LogP contribution in [-0.2, 0) is 14.8 Å². The van der Waals surface area contributed by atoms with Gasteiger partial charge in [-0.3, -0.25) is 0 Å². The summed E-state index contributed by atoms with van der Waals surface area (Å²) in [5, 5.41) is 0. The molecule has 1 aromatic carbocycles. The van der Waals surface area contributed by atoms with Gasteiger partial charge in [0.05, 0.1) is 24.7 Å². The molecule has 18 heavy (non-hydrogen) atoms. The van der Waals surface area contributed by atoms with Crippen molar-refractivity contribution in [1.29, 1.82) is 0 Å². The fourth-order valence-corrected chi connectivity index (χ4v) is 3.27. The van der Waals surface area contributed by atoms with Gasteiger partial charge in [0.1, 0.15) is 5.75 Å². The van der Waals surface area contributed by atoms with Crippen molar-refractivity contribution in [3.8, 4) is 5.75 Å². The van der Waals surface area contributed by atoms with Crippen LogP contribution in [0, 0.1) is 0 Å². The summed E-state index contributed by atoms with van der Waals surface area (Å²) in [4.78, 5) is 0.273. The lowest BCUT2D eigenvalue weighted by Gasteiger charge is -2.26. The van der Waals surface area contributed by atoms with E-state index >= 15 is 0 Å². The van der Waals surface area contributed by atoms with E-state index in [2.05, 4.69) is 0 Å². The molecule has 1 heterocycles. The highest BCUT2D eigenvalue weighted by Crippen LogP contribution is 2.21. The molecular formula is C12H17NO4S. The van der Waals surface area contributed by atoms with E-state index in [1.54, 1.807) is 24.3 Å². The number of sulfonamides is 1. The summed E-state index contributed by atoms with van der Waals surface area (Å²) < 4.78 is 36.6. The van der Waals surface area contributed by atoms with Crippen LogP contribution in [0.4, 0.5) is 0 Å². The van der Waals surface area contributed by atoms with Gasteiger partial charge in [0.15, 0.2) is 0 Å². The SMILES string of the molecule is CCOc1cccc(S(=O)(=O)N2CCOCC2)c1. The van der Waals surface area contributed by atoms with Gasteiger partial charge in [0.2, 0.25) is 10.0 Å². The van der Waals surface area contributed by atoms with Crippen molar-refractivity contribution in [2.75, 3.05) is 32.9 Å². The quantitative estimate of drug-likeness (QED) is 0.823. The molecule has 6 heteroatoms. The average Bonchev–Trinajstić information content (AvgIpc) is 2.40. The molecule has 2 rings (SSSR count).